The molecule has 2 fully saturated rings. The second-order valence-corrected chi connectivity index (χ2v) is 13.1. The van der Waals surface area contributed by atoms with Crippen molar-refractivity contribution in [3.8, 4) is 0 Å². The highest BCUT2D eigenvalue weighted by Gasteiger charge is 2.73. The fourth-order valence-electron chi connectivity index (χ4n) is 4.97. The second kappa shape index (κ2) is 10.8. The zero-order valence-electron chi connectivity index (χ0n) is 21.1. The van der Waals surface area contributed by atoms with E-state index in [1.165, 1.54) is 29.2 Å². The first-order valence-corrected chi connectivity index (χ1v) is 14.2. The number of aromatic nitrogens is 1. The van der Waals surface area contributed by atoms with Gasteiger partial charge in [-0.05, 0) is 38.7 Å². The van der Waals surface area contributed by atoms with E-state index in [2.05, 4.69) is 17.2 Å². The molecule has 7 nitrogen and oxygen atoms in total. The first kappa shape index (κ1) is 27.0. The van der Waals surface area contributed by atoms with Gasteiger partial charge in [0.05, 0.1) is 29.0 Å². The van der Waals surface area contributed by atoms with Crippen LogP contribution in [0.3, 0.4) is 0 Å². The number of anilines is 1. The smallest absolute Gasteiger partial charge is 0.423 e. The number of carbonyl (C=O) groups excluding carboxylic acids is 1. The number of carboxylic acids is 1. The summed E-state index contributed by atoms with van der Waals surface area (Å²) in [6.07, 6.45) is 5.93. The summed E-state index contributed by atoms with van der Waals surface area (Å²) in [4.78, 5) is 29.4. The van der Waals surface area contributed by atoms with Gasteiger partial charge in [0.15, 0.2) is 10.7 Å². The van der Waals surface area contributed by atoms with Gasteiger partial charge in [-0.15, -0.1) is 11.8 Å². The molecule has 2 N–H and O–H groups in total. The maximum absolute atomic E-state index is 13.9. The summed E-state index contributed by atoms with van der Waals surface area (Å²) in [5, 5.41) is 12.9. The Kier molecular flexibility index (Phi) is 8.09. The van der Waals surface area contributed by atoms with Crippen molar-refractivity contribution in [2.24, 2.45) is 11.3 Å². The summed E-state index contributed by atoms with van der Waals surface area (Å²) in [5.74, 6) is -0.0383. The number of amides is 2. The van der Waals surface area contributed by atoms with Crippen molar-refractivity contribution in [2.75, 3.05) is 30.8 Å². The summed E-state index contributed by atoms with van der Waals surface area (Å²) in [5.41, 5.74) is -0.391. The molecule has 4 rings (SSSR count). The Balaban J connectivity index is 1.39. The number of hydrogen-bond acceptors (Lipinski definition) is 6. The van der Waals surface area contributed by atoms with E-state index in [0.717, 1.165) is 36.4 Å². The molecule has 1 aromatic heterocycles. The van der Waals surface area contributed by atoms with Gasteiger partial charge >= 0.3 is 12.0 Å². The van der Waals surface area contributed by atoms with Crippen LogP contribution in [0.15, 0.2) is 34.7 Å². The topological polar surface area (TPSA) is 88.5 Å². The van der Waals surface area contributed by atoms with Gasteiger partial charge in [0, 0.05) is 24.2 Å². The van der Waals surface area contributed by atoms with Gasteiger partial charge in [0.25, 0.3) is 0 Å². The Morgan fingerprint density at radius 3 is 2.75 bits per heavy atom. The molecule has 1 aliphatic carbocycles. The molecule has 2 heterocycles. The lowest BCUT2D eigenvalue weighted by molar-refractivity contribution is -0.746. The maximum atomic E-state index is 13.9. The molecule has 0 radical (unpaired) electrons. The Morgan fingerprint density at radius 2 is 2.06 bits per heavy atom. The predicted molar refractivity (Wildman–Crippen MR) is 140 cm³/mol. The SMILES string of the molecule is CC1CCC2(CC1)C[N+]2(CCOCc1ccccc1F)C(=O)Nc1ncc(SCC(C)(C)C(=O)O)s1. The minimum Gasteiger partial charge on any atom is -0.481 e. The number of urea groups is 1. The number of carbonyl (C=O) groups is 2. The van der Waals surface area contributed by atoms with Crippen LogP contribution in [0.1, 0.15) is 52.0 Å². The molecular weight excluding hydrogens is 501 g/mol. The van der Waals surface area contributed by atoms with Crippen molar-refractivity contribution in [3.63, 3.8) is 0 Å². The summed E-state index contributed by atoms with van der Waals surface area (Å²) in [6.45, 7) is 7.52. The summed E-state index contributed by atoms with van der Waals surface area (Å²) >= 11 is 2.80. The number of quaternary nitrogens is 1. The normalized spacial score (nSPS) is 25.6. The molecule has 1 atom stereocenters. The molecule has 36 heavy (non-hydrogen) atoms. The number of hydrogen-bond donors (Lipinski definition) is 2. The molecule has 10 heteroatoms. The monoisotopic (exact) mass is 536 g/mol. The fraction of sp³-hybridized carbons (Fsp3) is 0.577. The molecule has 1 spiro atoms. The van der Waals surface area contributed by atoms with E-state index >= 15 is 0 Å². The van der Waals surface area contributed by atoms with E-state index in [4.69, 9.17) is 4.74 Å². The molecule has 1 aliphatic heterocycles. The van der Waals surface area contributed by atoms with Gasteiger partial charge in [-0.2, -0.15) is 0 Å². The Labute approximate surface area is 220 Å². The average Bonchev–Trinajstić information content (AvgIpc) is 3.23. The minimum atomic E-state index is -0.847. The van der Waals surface area contributed by atoms with Gasteiger partial charge in [-0.3, -0.25) is 10.1 Å². The standard InChI is InChI=1S/C26H34FN3O4S2/c1-18-8-10-26(11-9-18)16-30(26,12-13-34-15-19-6-4-5-7-20(19)27)24(33)29-23-28-14-21(36-23)35-17-25(2,3)22(31)32/h4-7,14,18H,8-13,15-17H2,1-3H3,(H-,28,29,31,32,33)/p+1. The van der Waals surface area contributed by atoms with Crippen molar-refractivity contribution in [2.45, 2.75) is 62.8 Å². The molecule has 1 saturated heterocycles. The number of thioether (sulfide) groups is 1. The highest BCUT2D eigenvalue weighted by molar-refractivity contribution is 8.01. The zero-order valence-corrected chi connectivity index (χ0v) is 22.7. The van der Waals surface area contributed by atoms with Crippen LogP contribution in [0.25, 0.3) is 0 Å². The Bertz CT molecular complexity index is 1100. The number of nitrogens with zero attached hydrogens (tertiary/aromatic N) is 2. The summed E-state index contributed by atoms with van der Waals surface area (Å²) < 4.78 is 20.9. The summed E-state index contributed by atoms with van der Waals surface area (Å²) in [6, 6.07) is 6.50. The lowest BCUT2D eigenvalue weighted by atomic mass is 9.82. The molecule has 196 valence electrons. The quantitative estimate of drug-likeness (QED) is 0.167. The van der Waals surface area contributed by atoms with Crippen molar-refractivity contribution in [1.29, 1.82) is 0 Å². The van der Waals surface area contributed by atoms with Crippen LogP contribution in [-0.4, -0.2) is 57.6 Å². The molecule has 2 aliphatic rings. The third-order valence-electron chi connectivity index (χ3n) is 7.65. The third-order valence-corrected chi connectivity index (χ3v) is 10.2. The number of halogens is 1. The first-order valence-electron chi connectivity index (χ1n) is 12.4. The Hall–Kier alpha value is -2.01. The van der Waals surface area contributed by atoms with Crippen LogP contribution in [0.4, 0.5) is 14.3 Å². The fourth-order valence-corrected chi connectivity index (χ4v) is 6.91. The number of rotatable bonds is 10. The van der Waals surface area contributed by atoms with Crippen LogP contribution in [0.2, 0.25) is 0 Å². The largest absolute Gasteiger partial charge is 0.481 e. The van der Waals surface area contributed by atoms with E-state index in [1.54, 1.807) is 38.2 Å². The molecule has 1 unspecified atom stereocenters. The van der Waals surface area contributed by atoms with Crippen molar-refractivity contribution >= 4 is 40.2 Å². The van der Waals surface area contributed by atoms with Crippen molar-refractivity contribution in [1.82, 2.24) is 4.98 Å². The van der Waals surface area contributed by atoms with Crippen LogP contribution in [0, 0.1) is 17.2 Å². The van der Waals surface area contributed by atoms with Crippen molar-refractivity contribution < 1.29 is 28.3 Å². The van der Waals surface area contributed by atoms with E-state index in [9.17, 15) is 19.1 Å². The minimum absolute atomic E-state index is 0.0572. The van der Waals surface area contributed by atoms with Crippen LogP contribution in [0.5, 0.6) is 0 Å². The van der Waals surface area contributed by atoms with Crippen LogP contribution >= 0.6 is 23.1 Å². The van der Waals surface area contributed by atoms with E-state index in [1.807, 2.05) is 0 Å². The Morgan fingerprint density at radius 1 is 1.33 bits per heavy atom. The van der Waals surface area contributed by atoms with Crippen LogP contribution < -0.4 is 5.32 Å². The van der Waals surface area contributed by atoms with Gasteiger partial charge in [-0.1, -0.05) is 36.5 Å². The number of thiazole rings is 1. The third kappa shape index (κ3) is 5.77. The van der Waals surface area contributed by atoms with Gasteiger partial charge in [0.2, 0.25) is 0 Å². The predicted octanol–water partition coefficient (Wildman–Crippen LogP) is 6.01. The number of aliphatic carboxylic acids is 1. The molecule has 1 aromatic carbocycles. The van der Waals surface area contributed by atoms with Gasteiger partial charge in [0.1, 0.15) is 18.9 Å². The molecule has 2 aromatic rings. The van der Waals surface area contributed by atoms with E-state index in [-0.39, 0.29) is 24.0 Å². The molecular formula is C26H35FN3O4S2+. The van der Waals surface area contributed by atoms with E-state index < -0.39 is 11.4 Å². The first-order chi connectivity index (χ1) is 17.1. The van der Waals surface area contributed by atoms with E-state index in [0.29, 0.717) is 40.0 Å². The average molecular weight is 537 g/mol. The highest BCUT2D eigenvalue weighted by atomic mass is 32.2. The maximum Gasteiger partial charge on any atom is 0.423 e. The highest BCUT2D eigenvalue weighted by Crippen LogP contribution is 2.54. The van der Waals surface area contributed by atoms with Gasteiger partial charge in [-0.25, -0.2) is 18.7 Å². The number of ether oxygens (including phenoxy) is 1. The summed E-state index contributed by atoms with van der Waals surface area (Å²) in [7, 11) is 0. The molecule has 1 saturated carbocycles. The lowest BCUT2D eigenvalue weighted by Gasteiger charge is -2.29. The molecule has 0 bridgehead atoms. The van der Waals surface area contributed by atoms with Gasteiger partial charge < -0.3 is 9.84 Å². The number of carboxylic acid groups (broad SMARTS) is 1. The lowest BCUT2D eigenvalue weighted by Crippen LogP contribution is -2.47. The number of benzene rings is 1. The molecule has 2 amide bonds. The van der Waals surface area contributed by atoms with Crippen molar-refractivity contribution in [3.05, 3.63) is 41.8 Å². The van der Waals surface area contributed by atoms with Crippen LogP contribution in [-0.2, 0) is 16.1 Å². The zero-order chi connectivity index (χ0) is 26.0. The second-order valence-electron chi connectivity index (χ2n) is 10.8. The number of nitrogens with one attached hydrogen (secondary N) is 1.